The molecule has 1 heterocycles. The summed E-state index contributed by atoms with van der Waals surface area (Å²) in [5.41, 5.74) is 7.00. The summed E-state index contributed by atoms with van der Waals surface area (Å²) in [5, 5.41) is 5.92. The van der Waals surface area contributed by atoms with Crippen molar-refractivity contribution in [3.63, 3.8) is 0 Å². The zero-order valence-electron chi connectivity index (χ0n) is 31.5. The van der Waals surface area contributed by atoms with Crippen LogP contribution in [0, 0.1) is 5.92 Å². The van der Waals surface area contributed by atoms with Gasteiger partial charge >= 0.3 is 0 Å². The van der Waals surface area contributed by atoms with Gasteiger partial charge in [-0.05, 0) is 67.6 Å². The van der Waals surface area contributed by atoms with Crippen molar-refractivity contribution < 1.29 is 0 Å². The van der Waals surface area contributed by atoms with E-state index in [0.29, 0.717) is 0 Å². The summed E-state index contributed by atoms with van der Waals surface area (Å²) in [6.07, 6.45) is 20.8. The van der Waals surface area contributed by atoms with Gasteiger partial charge in [0, 0.05) is 25.3 Å². The molecule has 3 nitrogen and oxygen atoms in total. The van der Waals surface area contributed by atoms with Gasteiger partial charge in [0.25, 0.3) is 0 Å². The molecule has 3 heteroatoms. The van der Waals surface area contributed by atoms with E-state index in [2.05, 4.69) is 155 Å². The molecule has 1 atom stereocenters. The van der Waals surface area contributed by atoms with E-state index < -0.39 is 0 Å². The molecule has 1 aliphatic rings. The Morgan fingerprint density at radius 2 is 1.61 bits per heavy atom. The summed E-state index contributed by atoms with van der Waals surface area (Å²) in [5.74, 6) is 0.779. The fraction of sp³-hybridized carbons (Fsp3) is 0.419. The maximum atomic E-state index is 5.13. The molecular weight excluding hydrogens is 558 g/mol. The third-order valence-corrected chi connectivity index (χ3v) is 6.98. The number of fused-ring (bicyclic) bond motifs is 1. The fourth-order valence-corrected chi connectivity index (χ4v) is 4.73. The highest BCUT2D eigenvalue weighted by molar-refractivity contribution is 5.96. The highest BCUT2D eigenvalue weighted by atomic mass is 15.1. The van der Waals surface area contributed by atoms with Gasteiger partial charge < -0.3 is 10.2 Å². The first-order valence-electron chi connectivity index (χ1n) is 17.6. The van der Waals surface area contributed by atoms with Gasteiger partial charge in [0.1, 0.15) is 0 Å². The van der Waals surface area contributed by atoms with Gasteiger partial charge in [0.2, 0.25) is 0 Å². The number of allylic oxidation sites excluding steroid dienone is 8. The Hall–Kier alpha value is -3.69. The average Bonchev–Trinajstić information content (AvgIpc) is 3.39. The number of likely N-dealkylation sites (N-methyl/N-ethyl adjacent to an activating group) is 1. The second-order valence-electron chi connectivity index (χ2n) is 10.8. The molecular formula is C43H65N3. The van der Waals surface area contributed by atoms with Crippen LogP contribution in [0.5, 0.6) is 0 Å². The van der Waals surface area contributed by atoms with Crippen molar-refractivity contribution in [3.8, 4) is 11.3 Å². The number of rotatable bonds is 9. The molecule has 1 aromatic heterocycles. The third-order valence-electron chi connectivity index (χ3n) is 6.98. The Bertz CT molecular complexity index is 1380. The number of nitrogens with zero attached hydrogens (tertiary/aromatic N) is 2. The van der Waals surface area contributed by atoms with E-state index in [4.69, 9.17) is 4.98 Å². The molecule has 0 fully saturated rings. The number of aromatic nitrogens is 1. The van der Waals surface area contributed by atoms with Crippen LogP contribution in [0.2, 0.25) is 0 Å². The first kappa shape index (κ1) is 42.3. The van der Waals surface area contributed by atoms with Crippen LogP contribution in [-0.4, -0.2) is 26.1 Å². The summed E-state index contributed by atoms with van der Waals surface area (Å²) in [6, 6.07) is 19.3. The molecule has 2 aromatic carbocycles. The fourth-order valence-electron chi connectivity index (χ4n) is 4.73. The smallest absolute Gasteiger partial charge is 0.0749 e. The molecule has 1 aliphatic carbocycles. The van der Waals surface area contributed by atoms with Crippen molar-refractivity contribution in [2.24, 2.45) is 5.92 Å². The highest BCUT2D eigenvalue weighted by Crippen LogP contribution is 2.33. The minimum atomic E-state index is 0.0302. The molecule has 0 amide bonds. The topological polar surface area (TPSA) is 28.2 Å². The van der Waals surface area contributed by atoms with Crippen molar-refractivity contribution in [1.82, 2.24) is 10.3 Å². The molecule has 0 saturated carbocycles. The van der Waals surface area contributed by atoms with E-state index in [1.165, 1.54) is 28.3 Å². The van der Waals surface area contributed by atoms with Crippen LogP contribution >= 0.6 is 0 Å². The second-order valence-corrected chi connectivity index (χ2v) is 10.8. The number of benzene rings is 2. The zero-order chi connectivity index (χ0) is 34.9. The summed E-state index contributed by atoms with van der Waals surface area (Å²) in [6.45, 7) is 20.8. The molecule has 46 heavy (non-hydrogen) atoms. The number of pyridine rings is 1. The SMILES string of the molecule is C/C=C\C(=C/CC(C)C)CC.CC.CC.CC.CNC(C1=CC=CCC=C1)c1cc(N(C)C)cc(-c2cccc3ccccc23)n1. The lowest BCUT2D eigenvalue weighted by molar-refractivity contribution is 0.661. The summed E-state index contributed by atoms with van der Waals surface area (Å²) < 4.78 is 0. The first-order valence-corrected chi connectivity index (χ1v) is 17.6. The minimum absolute atomic E-state index is 0.0302. The van der Waals surface area contributed by atoms with E-state index in [1.54, 1.807) is 0 Å². The van der Waals surface area contributed by atoms with Gasteiger partial charge in [-0.2, -0.15) is 0 Å². The van der Waals surface area contributed by atoms with Gasteiger partial charge in [-0.3, -0.25) is 4.98 Å². The first-order chi connectivity index (χ1) is 22.4. The van der Waals surface area contributed by atoms with E-state index in [1.807, 2.05) is 48.6 Å². The van der Waals surface area contributed by atoms with Gasteiger partial charge in [-0.1, -0.05) is 159 Å². The lowest BCUT2D eigenvalue weighted by Gasteiger charge is -2.22. The Morgan fingerprint density at radius 3 is 2.22 bits per heavy atom. The molecule has 4 rings (SSSR count). The zero-order valence-corrected chi connectivity index (χ0v) is 31.5. The lowest BCUT2D eigenvalue weighted by atomic mass is 9.98. The van der Waals surface area contributed by atoms with Crippen LogP contribution in [0.1, 0.15) is 100 Å². The Kier molecular flexibility index (Phi) is 23.5. The van der Waals surface area contributed by atoms with Gasteiger partial charge in [0.15, 0.2) is 0 Å². The Labute approximate surface area is 283 Å². The summed E-state index contributed by atoms with van der Waals surface area (Å²) in [4.78, 5) is 7.27. The van der Waals surface area contributed by atoms with Crippen LogP contribution in [0.15, 0.2) is 114 Å². The van der Waals surface area contributed by atoms with E-state index in [-0.39, 0.29) is 6.04 Å². The summed E-state index contributed by atoms with van der Waals surface area (Å²) >= 11 is 0. The van der Waals surface area contributed by atoms with E-state index in [0.717, 1.165) is 41.4 Å². The molecule has 0 radical (unpaired) electrons. The van der Waals surface area contributed by atoms with Crippen molar-refractivity contribution in [2.75, 3.05) is 26.0 Å². The summed E-state index contributed by atoms with van der Waals surface area (Å²) in [7, 11) is 6.15. The second kappa shape index (κ2) is 25.5. The maximum absolute atomic E-state index is 5.13. The molecule has 252 valence electrons. The molecule has 3 aromatic rings. The Balaban J connectivity index is 0.00000101. The van der Waals surface area contributed by atoms with Crippen LogP contribution < -0.4 is 10.2 Å². The standard InChI is InChI=1S/C26H27N3.C11H20.3C2H6/c1-27-26(20-12-6-4-5-7-13-20)25-18-21(29(2)3)17-24(28-25)23-16-10-14-19-11-8-9-15-22(19)23;1-5-7-11(6-2)9-8-10(3)4;3*1-2/h4,6-18,26-27H,5H2,1-3H3;5,7,9-10H,6,8H2,1-4H3;3*1-2H3/b;7-5-,11-9-;;;. The molecule has 0 aliphatic heterocycles. The molecule has 1 unspecified atom stereocenters. The quantitative estimate of drug-likeness (QED) is 0.240. The number of hydrogen-bond donors (Lipinski definition) is 1. The highest BCUT2D eigenvalue weighted by Gasteiger charge is 2.18. The van der Waals surface area contributed by atoms with Gasteiger partial charge in [-0.25, -0.2) is 0 Å². The lowest BCUT2D eigenvalue weighted by Crippen LogP contribution is -2.20. The average molecular weight is 624 g/mol. The Morgan fingerprint density at radius 1 is 0.935 bits per heavy atom. The molecule has 0 spiro atoms. The van der Waals surface area contributed by atoms with Gasteiger partial charge in [0.05, 0.1) is 17.4 Å². The maximum Gasteiger partial charge on any atom is 0.0749 e. The van der Waals surface area contributed by atoms with Crippen molar-refractivity contribution in [1.29, 1.82) is 0 Å². The van der Waals surface area contributed by atoms with Gasteiger partial charge in [-0.15, -0.1) is 0 Å². The normalized spacial score (nSPS) is 12.7. The van der Waals surface area contributed by atoms with Crippen LogP contribution in [0.3, 0.4) is 0 Å². The van der Waals surface area contributed by atoms with Crippen LogP contribution in [0.4, 0.5) is 5.69 Å². The number of hydrogen-bond acceptors (Lipinski definition) is 3. The largest absolute Gasteiger partial charge is 0.378 e. The monoisotopic (exact) mass is 624 g/mol. The van der Waals surface area contributed by atoms with E-state index in [9.17, 15) is 0 Å². The predicted molar refractivity (Wildman–Crippen MR) is 211 cm³/mol. The van der Waals surface area contributed by atoms with E-state index >= 15 is 0 Å². The molecule has 1 N–H and O–H groups in total. The van der Waals surface area contributed by atoms with Crippen molar-refractivity contribution in [2.45, 2.75) is 94.5 Å². The number of nitrogens with one attached hydrogen (secondary N) is 1. The van der Waals surface area contributed by atoms with Crippen molar-refractivity contribution >= 4 is 16.5 Å². The van der Waals surface area contributed by atoms with Crippen LogP contribution in [-0.2, 0) is 0 Å². The molecule has 0 bridgehead atoms. The predicted octanol–water partition coefficient (Wildman–Crippen LogP) is 12.7. The van der Waals surface area contributed by atoms with Crippen LogP contribution in [0.25, 0.3) is 22.0 Å². The number of anilines is 1. The minimum Gasteiger partial charge on any atom is -0.378 e. The van der Waals surface area contributed by atoms with Crippen molar-refractivity contribution in [3.05, 3.63) is 120 Å². The molecule has 0 saturated heterocycles. The third kappa shape index (κ3) is 14.2.